The Labute approximate surface area is 248 Å². The quantitative estimate of drug-likeness (QED) is 0.280. The molecule has 10 nitrogen and oxygen atoms in total. The fourth-order valence-electron chi connectivity index (χ4n) is 6.94. The summed E-state index contributed by atoms with van der Waals surface area (Å²) in [5, 5.41) is 16.5. The molecule has 4 aromatic heterocycles. The van der Waals surface area contributed by atoms with E-state index in [-0.39, 0.29) is 11.1 Å². The van der Waals surface area contributed by atoms with Gasteiger partial charge in [-0.3, -0.25) is 18.4 Å². The third-order valence-electron chi connectivity index (χ3n) is 9.40. The van der Waals surface area contributed by atoms with Crippen molar-refractivity contribution in [2.24, 2.45) is 23.7 Å². The van der Waals surface area contributed by atoms with E-state index in [4.69, 9.17) is 0 Å². The van der Waals surface area contributed by atoms with Crippen LogP contribution in [0.2, 0.25) is 0 Å². The average molecular weight is 577 g/mol. The minimum Gasteiger partial charge on any atom is -0.311 e. The monoisotopic (exact) mass is 576 g/mol. The Morgan fingerprint density at radius 3 is 1.81 bits per heavy atom. The van der Waals surface area contributed by atoms with Crippen molar-refractivity contribution < 1.29 is 0 Å². The van der Waals surface area contributed by atoms with E-state index in [1.54, 1.807) is 0 Å². The molecule has 0 bridgehead atoms. The minimum absolute atomic E-state index is 0.00872. The van der Waals surface area contributed by atoms with E-state index in [1.807, 2.05) is 42.7 Å². The molecule has 2 aliphatic carbocycles. The molecule has 0 amide bonds. The van der Waals surface area contributed by atoms with Crippen LogP contribution in [0, 0.1) is 23.7 Å². The molecule has 2 fully saturated rings. The van der Waals surface area contributed by atoms with Crippen LogP contribution < -0.4 is 11.1 Å². The van der Waals surface area contributed by atoms with Gasteiger partial charge in [-0.05, 0) is 55.8 Å². The van der Waals surface area contributed by atoms with Crippen LogP contribution >= 0.6 is 0 Å². The van der Waals surface area contributed by atoms with Crippen LogP contribution in [0.25, 0.3) is 11.3 Å². The van der Waals surface area contributed by atoms with Gasteiger partial charge in [0.2, 0.25) is 11.3 Å². The normalized spacial score (nSPS) is 22.8. The summed E-state index contributed by atoms with van der Waals surface area (Å²) in [6.07, 6.45) is 21.6. The highest BCUT2D eigenvalue weighted by Crippen LogP contribution is 2.31. The van der Waals surface area contributed by atoms with Crippen LogP contribution in [0.15, 0.2) is 34.4 Å². The first-order valence-corrected chi connectivity index (χ1v) is 16.3. The molecule has 4 atom stereocenters. The zero-order valence-electron chi connectivity index (χ0n) is 25.9. The summed E-state index contributed by atoms with van der Waals surface area (Å²) in [5.41, 5.74) is 0.907. The third kappa shape index (κ3) is 6.68. The van der Waals surface area contributed by atoms with Crippen LogP contribution in [0.5, 0.6) is 0 Å². The number of aryl methyl sites for hydroxylation is 2. The molecule has 4 unspecified atom stereocenters. The van der Waals surface area contributed by atoms with Gasteiger partial charge in [0.05, 0.1) is 0 Å². The van der Waals surface area contributed by atoms with Crippen molar-refractivity contribution in [3.8, 4) is 0 Å². The molecular weight excluding hydrogens is 528 g/mol. The second-order valence-electron chi connectivity index (χ2n) is 12.8. The first kappa shape index (κ1) is 30.2. The van der Waals surface area contributed by atoms with Gasteiger partial charge < -0.3 is 9.13 Å². The highest BCUT2D eigenvalue weighted by atomic mass is 16.1. The van der Waals surface area contributed by atoms with Crippen LogP contribution in [-0.4, -0.2) is 38.3 Å². The lowest BCUT2D eigenvalue weighted by molar-refractivity contribution is 0.226. The Morgan fingerprint density at radius 2 is 1.26 bits per heavy atom. The molecule has 0 N–H and O–H groups in total. The van der Waals surface area contributed by atoms with Crippen LogP contribution in [0.1, 0.15) is 104 Å². The summed E-state index contributed by atoms with van der Waals surface area (Å²) in [6, 6.07) is 0. The van der Waals surface area contributed by atoms with Crippen molar-refractivity contribution in [1.29, 1.82) is 0 Å². The van der Waals surface area contributed by atoms with E-state index in [9.17, 15) is 9.59 Å². The maximum atomic E-state index is 12.6. The van der Waals surface area contributed by atoms with Gasteiger partial charge in [-0.15, -0.1) is 20.4 Å². The van der Waals surface area contributed by atoms with E-state index in [0.717, 1.165) is 56.3 Å². The molecule has 4 aromatic rings. The van der Waals surface area contributed by atoms with Crippen molar-refractivity contribution in [3.63, 3.8) is 0 Å². The van der Waals surface area contributed by atoms with Gasteiger partial charge in [0.1, 0.15) is 11.6 Å². The number of rotatable bonds is 8. The predicted octanol–water partition coefficient (Wildman–Crippen LogP) is 5.34. The van der Waals surface area contributed by atoms with E-state index >= 15 is 0 Å². The minimum atomic E-state index is -0.00914. The van der Waals surface area contributed by atoms with E-state index < -0.39 is 0 Å². The lowest BCUT2D eigenvalue weighted by Gasteiger charge is -2.29. The summed E-state index contributed by atoms with van der Waals surface area (Å²) in [4.78, 5) is 25.1. The molecule has 2 saturated carbocycles. The Kier molecular flexibility index (Phi) is 9.90. The molecule has 0 aromatic carbocycles. The van der Waals surface area contributed by atoms with E-state index in [2.05, 4.69) is 48.1 Å². The van der Waals surface area contributed by atoms with Gasteiger partial charge in [0, 0.05) is 50.7 Å². The predicted molar refractivity (Wildman–Crippen MR) is 165 cm³/mol. The average Bonchev–Trinajstić information content (AvgIpc) is 3.59. The van der Waals surface area contributed by atoms with Crippen LogP contribution in [0.4, 0.5) is 0 Å². The zero-order valence-corrected chi connectivity index (χ0v) is 25.9. The fourth-order valence-corrected chi connectivity index (χ4v) is 6.94. The second kappa shape index (κ2) is 13.8. The van der Waals surface area contributed by atoms with E-state index in [0.29, 0.717) is 29.0 Å². The Balaban J connectivity index is 0.000000168. The van der Waals surface area contributed by atoms with Gasteiger partial charge in [-0.1, -0.05) is 59.8 Å². The largest absolute Gasteiger partial charge is 0.311 e. The fraction of sp³-hybridized carbons (Fsp3) is 0.688. The van der Waals surface area contributed by atoms with Gasteiger partial charge in [0.15, 0.2) is 0 Å². The molecule has 10 heteroatoms. The molecule has 228 valence electrons. The second-order valence-corrected chi connectivity index (χ2v) is 12.8. The topological polar surface area (TPSA) is 104 Å². The van der Waals surface area contributed by atoms with Gasteiger partial charge in [-0.2, -0.15) is 0 Å². The Hall–Kier alpha value is -3.30. The standard InChI is InChI=1S/2C16H24N4O/c1-3-6-14-17-18-15-16(21)19(9-10-20(14)15)11-13-8-5-4-7-12(13)2;1-3-5-14-17-18-15-16(21)19(8-9-20(14)15)11-13-7-4-6-12(2)10-13/h9-10,12-13H,3-8,11H2,1-2H3;8-9,12-13H,3-7,10-11H2,1-2H3. The smallest absolute Gasteiger partial charge is 0.296 e. The van der Waals surface area contributed by atoms with Crippen molar-refractivity contribution in [1.82, 2.24) is 38.3 Å². The summed E-state index contributed by atoms with van der Waals surface area (Å²) in [7, 11) is 0. The van der Waals surface area contributed by atoms with Crippen molar-refractivity contribution in [2.45, 2.75) is 118 Å². The van der Waals surface area contributed by atoms with Gasteiger partial charge >= 0.3 is 0 Å². The highest BCUT2D eigenvalue weighted by molar-refractivity contribution is 5.35. The molecule has 4 heterocycles. The molecule has 0 radical (unpaired) electrons. The molecule has 6 rings (SSSR count). The van der Waals surface area contributed by atoms with Gasteiger partial charge in [-0.25, -0.2) is 0 Å². The third-order valence-corrected chi connectivity index (χ3v) is 9.40. The summed E-state index contributed by atoms with van der Waals surface area (Å²) in [5.74, 6) is 4.47. The molecule has 42 heavy (non-hydrogen) atoms. The highest BCUT2D eigenvalue weighted by Gasteiger charge is 2.23. The molecule has 2 aliphatic rings. The summed E-state index contributed by atoms with van der Waals surface area (Å²) >= 11 is 0. The maximum absolute atomic E-state index is 12.6. The Morgan fingerprint density at radius 1 is 0.690 bits per heavy atom. The lowest BCUT2D eigenvalue weighted by Crippen LogP contribution is -2.29. The van der Waals surface area contributed by atoms with Gasteiger partial charge in [0.25, 0.3) is 11.1 Å². The molecule has 0 saturated heterocycles. The van der Waals surface area contributed by atoms with Crippen LogP contribution in [0.3, 0.4) is 0 Å². The number of fused-ring (bicyclic) bond motifs is 2. The molecule has 0 aliphatic heterocycles. The van der Waals surface area contributed by atoms with Crippen molar-refractivity contribution in [2.75, 3.05) is 0 Å². The number of hydrogen-bond donors (Lipinski definition) is 0. The number of nitrogens with zero attached hydrogens (tertiary/aromatic N) is 8. The lowest BCUT2D eigenvalue weighted by atomic mass is 9.80. The van der Waals surface area contributed by atoms with Crippen LogP contribution in [-0.2, 0) is 25.9 Å². The number of hydrogen-bond acceptors (Lipinski definition) is 6. The zero-order chi connectivity index (χ0) is 29.6. The summed E-state index contributed by atoms with van der Waals surface area (Å²) < 4.78 is 7.33. The Bertz CT molecular complexity index is 1580. The van der Waals surface area contributed by atoms with Crippen molar-refractivity contribution >= 4 is 11.3 Å². The first-order chi connectivity index (χ1) is 20.4. The maximum Gasteiger partial charge on any atom is 0.296 e. The SMILES string of the molecule is CCCc1nnc2c(=O)n(CC3CCCC(C)C3)ccn12.CCCc1nnc2c(=O)n(CC3CCCCC3C)ccn12. The van der Waals surface area contributed by atoms with Crippen molar-refractivity contribution in [3.05, 3.63) is 57.1 Å². The summed E-state index contributed by atoms with van der Waals surface area (Å²) in [6.45, 7) is 10.5. The first-order valence-electron chi connectivity index (χ1n) is 16.3. The van der Waals surface area contributed by atoms with E-state index in [1.165, 1.54) is 51.4 Å². The molecule has 0 spiro atoms. The molecular formula is C32H48N8O2. The number of aromatic nitrogens is 8.